The van der Waals surface area contributed by atoms with E-state index in [1.165, 1.54) is 6.66 Å². The van der Waals surface area contributed by atoms with Crippen LogP contribution in [0.15, 0.2) is 0 Å². The van der Waals surface area contributed by atoms with Gasteiger partial charge in [-0.1, -0.05) is 13.3 Å². The van der Waals surface area contributed by atoms with E-state index in [0.29, 0.717) is 6.61 Å². The molecule has 0 radical (unpaired) electrons. The van der Waals surface area contributed by atoms with Crippen LogP contribution < -0.4 is 11.1 Å². The second-order valence-electron chi connectivity index (χ2n) is 4.11. The molecule has 0 aromatic carbocycles. The molecule has 0 aromatic heterocycles. The Kier molecular flexibility index (Phi) is 7.62. The van der Waals surface area contributed by atoms with Crippen molar-refractivity contribution in [1.82, 2.24) is 5.32 Å². The maximum Gasteiger partial charge on any atom is 0.326 e. The zero-order valence-electron chi connectivity index (χ0n) is 10.7. The van der Waals surface area contributed by atoms with Crippen LogP contribution in [0.2, 0.25) is 0 Å². The standard InChI is InChI=1S/C10H21N2O5P/c1-3-4-6-17-18(2,16)7-5-8(9(13)14)12-10(11)15/h8H,3-7H2,1-2H3,(H,13,14)(H3,11,12,15)/t8-,18?/m0/s1. The first kappa shape index (κ1) is 16.9. The first-order valence-corrected chi connectivity index (χ1v) is 8.04. The van der Waals surface area contributed by atoms with Crippen LogP contribution in [0.4, 0.5) is 4.79 Å². The number of hydrogen-bond donors (Lipinski definition) is 3. The first-order valence-electron chi connectivity index (χ1n) is 5.78. The third-order valence-electron chi connectivity index (χ3n) is 2.30. The van der Waals surface area contributed by atoms with Gasteiger partial charge in [0.2, 0.25) is 0 Å². The van der Waals surface area contributed by atoms with E-state index in [9.17, 15) is 14.2 Å². The number of carbonyl (C=O) groups is 2. The number of primary amides is 1. The van der Waals surface area contributed by atoms with E-state index in [4.69, 9.17) is 15.4 Å². The van der Waals surface area contributed by atoms with Crippen LogP contribution in [0.1, 0.15) is 26.2 Å². The lowest BCUT2D eigenvalue weighted by atomic mass is 10.2. The molecule has 4 N–H and O–H groups in total. The summed E-state index contributed by atoms with van der Waals surface area (Å²) >= 11 is 0. The maximum absolute atomic E-state index is 11.9. The monoisotopic (exact) mass is 280 g/mol. The van der Waals surface area contributed by atoms with Gasteiger partial charge in [0.25, 0.3) is 0 Å². The summed E-state index contributed by atoms with van der Waals surface area (Å²) in [6, 6.07) is -2.05. The molecule has 0 heterocycles. The summed E-state index contributed by atoms with van der Waals surface area (Å²) in [4.78, 5) is 21.4. The highest BCUT2D eigenvalue weighted by molar-refractivity contribution is 7.58. The largest absolute Gasteiger partial charge is 0.480 e. The summed E-state index contributed by atoms with van der Waals surface area (Å²) in [6.07, 6.45) is 1.85. The smallest absolute Gasteiger partial charge is 0.326 e. The van der Waals surface area contributed by atoms with Crippen LogP contribution in [-0.2, 0) is 13.9 Å². The zero-order valence-corrected chi connectivity index (χ0v) is 11.6. The van der Waals surface area contributed by atoms with Gasteiger partial charge in [-0.25, -0.2) is 9.59 Å². The SMILES string of the molecule is CCCCOP(C)(=O)CC[C@H](NC(N)=O)C(=O)O. The quantitative estimate of drug-likeness (QED) is 0.433. The lowest BCUT2D eigenvalue weighted by Crippen LogP contribution is -2.44. The average Bonchev–Trinajstić information content (AvgIpc) is 2.23. The molecule has 0 spiro atoms. The fourth-order valence-corrected chi connectivity index (χ4v) is 2.63. The Labute approximate surface area is 107 Å². The Morgan fingerprint density at radius 3 is 2.56 bits per heavy atom. The van der Waals surface area contributed by atoms with Crippen molar-refractivity contribution in [2.45, 2.75) is 32.2 Å². The highest BCUT2D eigenvalue weighted by Gasteiger charge is 2.24. The number of carboxylic acids is 1. The highest BCUT2D eigenvalue weighted by atomic mass is 31.2. The summed E-state index contributed by atoms with van der Waals surface area (Å²) in [5.41, 5.74) is 4.86. The third-order valence-corrected chi connectivity index (χ3v) is 4.10. The number of rotatable bonds is 9. The van der Waals surface area contributed by atoms with Crippen molar-refractivity contribution in [3.05, 3.63) is 0 Å². The van der Waals surface area contributed by atoms with Crippen LogP contribution in [0.5, 0.6) is 0 Å². The van der Waals surface area contributed by atoms with Gasteiger partial charge in [0.15, 0.2) is 7.37 Å². The third kappa shape index (κ3) is 8.08. The number of hydrogen-bond acceptors (Lipinski definition) is 4. The Bertz CT molecular complexity index is 334. The summed E-state index contributed by atoms with van der Waals surface area (Å²) in [5.74, 6) is -1.21. The van der Waals surface area contributed by atoms with Gasteiger partial charge in [-0.3, -0.25) is 4.57 Å². The molecule has 0 aromatic rings. The Morgan fingerprint density at radius 1 is 1.50 bits per heavy atom. The molecule has 0 aliphatic rings. The summed E-state index contributed by atoms with van der Waals surface area (Å²) in [6.45, 7) is 3.85. The second kappa shape index (κ2) is 8.11. The van der Waals surface area contributed by atoms with E-state index in [-0.39, 0.29) is 12.6 Å². The van der Waals surface area contributed by atoms with Crippen LogP contribution in [0.3, 0.4) is 0 Å². The number of urea groups is 1. The Morgan fingerprint density at radius 2 is 2.11 bits per heavy atom. The zero-order chi connectivity index (χ0) is 14.2. The van der Waals surface area contributed by atoms with Gasteiger partial charge in [-0.05, 0) is 12.8 Å². The van der Waals surface area contributed by atoms with Crippen LogP contribution in [0, 0.1) is 0 Å². The Hall–Kier alpha value is -1.07. The lowest BCUT2D eigenvalue weighted by Gasteiger charge is -2.17. The molecule has 0 saturated carbocycles. The first-order chi connectivity index (χ1) is 8.28. The molecule has 8 heteroatoms. The molecule has 0 fully saturated rings. The van der Waals surface area contributed by atoms with Crippen LogP contribution in [0.25, 0.3) is 0 Å². The topological polar surface area (TPSA) is 119 Å². The Balaban J connectivity index is 4.20. The normalized spacial score (nSPS) is 15.7. The molecule has 7 nitrogen and oxygen atoms in total. The van der Waals surface area contributed by atoms with Gasteiger partial charge in [-0.15, -0.1) is 0 Å². The molecule has 0 aliphatic heterocycles. The lowest BCUT2D eigenvalue weighted by molar-refractivity contribution is -0.139. The average molecular weight is 280 g/mol. The van der Waals surface area contributed by atoms with Gasteiger partial charge >= 0.3 is 12.0 Å². The molecule has 0 bridgehead atoms. The van der Waals surface area contributed by atoms with E-state index in [1.807, 2.05) is 6.92 Å². The molecule has 2 atom stereocenters. The van der Waals surface area contributed by atoms with Crippen molar-refractivity contribution in [2.24, 2.45) is 5.73 Å². The summed E-state index contributed by atoms with van der Waals surface area (Å²) in [5, 5.41) is 10.9. The predicted molar refractivity (Wildman–Crippen MR) is 68.0 cm³/mol. The van der Waals surface area contributed by atoms with E-state index in [1.54, 1.807) is 0 Å². The van der Waals surface area contributed by atoms with Crippen molar-refractivity contribution < 1.29 is 23.8 Å². The minimum absolute atomic E-state index is 0.0260. The van der Waals surface area contributed by atoms with Crippen molar-refractivity contribution in [1.29, 1.82) is 0 Å². The molecule has 106 valence electrons. The number of amides is 2. The van der Waals surface area contributed by atoms with E-state index in [0.717, 1.165) is 12.8 Å². The molecular formula is C10H21N2O5P. The molecule has 0 aliphatic carbocycles. The molecule has 0 rings (SSSR count). The molecule has 0 saturated heterocycles. The van der Waals surface area contributed by atoms with Gasteiger partial charge < -0.3 is 20.7 Å². The maximum atomic E-state index is 11.9. The molecule has 18 heavy (non-hydrogen) atoms. The van der Waals surface area contributed by atoms with Crippen molar-refractivity contribution in [3.8, 4) is 0 Å². The van der Waals surface area contributed by atoms with Crippen molar-refractivity contribution >= 4 is 19.4 Å². The fraction of sp³-hybridized carbons (Fsp3) is 0.800. The van der Waals surface area contributed by atoms with Gasteiger partial charge in [0, 0.05) is 12.8 Å². The number of carbonyl (C=O) groups excluding carboxylic acids is 1. The van der Waals surface area contributed by atoms with Crippen molar-refractivity contribution in [2.75, 3.05) is 19.4 Å². The van der Waals surface area contributed by atoms with Crippen molar-refractivity contribution in [3.63, 3.8) is 0 Å². The van der Waals surface area contributed by atoms with Crippen LogP contribution >= 0.6 is 7.37 Å². The fourth-order valence-electron chi connectivity index (χ4n) is 1.26. The number of nitrogens with two attached hydrogens (primary N) is 1. The van der Waals surface area contributed by atoms with E-state index in [2.05, 4.69) is 5.32 Å². The molecular weight excluding hydrogens is 259 g/mol. The number of nitrogens with one attached hydrogen (secondary N) is 1. The van der Waals surface area contributed by atoms with E-state index < -0.39 is 25.4 Å². The predicted octanol–water partition coefficient (Wildman–Crippen LogP) is 1.22. The molecule has 1 unspecified atom stereocenters. The highest BCUT2D eigenvalue weighted by Crippen LogP contribution is 2.43. The minimum Gasteiger partial charge on any atom is -0.480 e. The molecule has 2 amide bonds. The number of carboxylic acid groups (broad SMARTS) is 1. The number of aliphatic carboxylic acids is 1. The van der Waals surface area contributed by atoms with Gasteiger partial charge in [0.05, 0.1) is 6.61 Å². The van der Waals surface area contributed by atoms with Crippen LogP contribution in [-0.4, -0.2) is 42.6 Å². The minimum atomic E-state index is -2.81. The van der Waals surface area contributed by atoms with Gasteiger partial charge in [0.1, 0.15) is 6.04 Å². The second-order valence-corrected chi connectivity index (χ2v) is 6.85. The summed E-state index contributed by atoms with van der Waals surface area (Å²) < 4.78 is 17.2. The summed E-state index contributed by atoms with van der Waals surface area (Å²) in [7, 11) is -2.81. The van der Waals surface area contributed by atoms with E-state index >= 15 is 0 Å². The number of unbranched alkanes of at least 4 members (excludes halogenated alkanes) is 1. The van der Waals surface area contributed by atoms with Gasteiger partial charge in [-0.2, -0.15) is 0 Å².